The number of rotatable bonds is 6. The quantitative estimate of drug-likeness (QED) is 0.760. The van der Waals surface area contributed by atoms with Crippen LogP contribution in [0, 0.1) is 0 Å². The first-order chi connectivity index (χ1) is 8.54. The number of carbonyl (C=O) groups is 1. The van der Waals surface area contributed by atoms with E-state index in [1.54, 1.807) is 11.8 Å². The van der Waals surface area contributed by atoms with E-state index in [0.717, 1.165) is 38.1 Å². The summed E-state index contributed by atoms with van der Waals surface area (Å²) in [6, 6.07) is 0.568. The molecule has 1 atom stereocenters. The van der Waals surface area contributed by atoms with Crippen LogP contribution in [0.1, 0.15) is 33.1 Å². The molecule has 4 nitrogen and oxygen atoms in total. The topological polar surface area (TPSA) is 58.4 Å². The van der Waals surface area contributed by atoms with Gasteiger partial charge in [0.25, 0.3) is 0 Å². The van der Waals surface area contributed by atoms with Gasteiger partial charge < -0.3 is 16.0 Å². The summed E-state index contributed by atoms with van der Waals surface area (Å²) >= 11 is 1.73. The van der Waals surface area contributed by atoms with Crippen molar-refractivity contribution in [1.29, 1.82) is 0 Å². The number of nitrogens with zero attached hydrogens (tertiary/aromatic N) is 1. The Morgan fingerprint density at radius 2 is 2.06 bits per heavy atom. The lowest BCUT2D eigenvalue weighted by Crippen LogP contribution is -2.50. The van der Waals surface area contributed by atoms with Gasteiger partial charge in [-0.15, -0.1) is 0 Å². The number of amides is 1. The number of carbonyl (C=O) groups excluding carboxylic acids is 1. The lowest BCUT2D eigenvalue weighted by Gasteiger charge is -2.35. The van der Waals surface area contributed by atoms with E-state index in [1.807, 2.05) is 6.26 Å². The normalized spacial score (nSPS) is 20.1. The van der Waals surface area contributed by atoms with Crippen LogP contribution in [0.25, 0.3) is 0 Å². The molecule has 1 amide bonds. The molecule has 0 saturated carbocycles. The van der Waals surface area contributed by atoms with E-state index in [4.69, 9.17) is 5.73 Å². The molecule has 5 heteroatoms. The molecule has 1 aliphatic heterocycles. The minimum atomic E-state index is -0.347. The van der Waals surface area contributed by atoms with Crippen molar-refractivity contribution in [1.82, 2.24) is 10.2 Å². The maximum Gasteiger partial charge on any atom is 0.237 e. The van der Waals surface area contributed by atoms with Crippen LogP contribution in [0.3, 0.4) is 0 Å². The third kappa shape index (κ3) is 5.16. The van der Waals surface area contributed by atoms with Crippen molar-refractivity contribution < 1.29 is 4.79 Å². The standard InChI is InChI=1S/C13H27N3OS/c1-10(2)16-7-4-11(5-8-16)15-13(17)12(14)6-9-18-3/h10-12H,4-9,14H2,1-3H3,(H,15,17)/t12-/m0/s1. The SMILES string of the molecule is CSCC[C@H](N)C(=O)NC1CCN(C(C)C)CC1. The third-order valence-corrected chi connectivity index (χ3v) is 4.22. The second kappa shape index (κ2) is 8.02. The first kappa shape index (κ1) is 15.8. The fraction of sp³-hybridized carbons (Fsp3) is 0.923. The molecule has 0 aromatic heterocycles. The van der Waals surface area contributed by atoms with E-state index in [1.165, 1.54) is 0 Å². The highest BCUT2D eigenvalue weighted by molar-refractivity contribution is 7.98. The van der Waals surface area contributed by atoms with E-state index >= 15 is 0 Å². The van der Waals surface area contributed by atoms with E-state index in [9.17, 15) is 4.79 Å². The van der Waals surface area contributed by atoms with Crippen molar-refractivity contribution in [3.05, 3.63) is 0 Å². The second-order valence-corrected chi connectivity index (χ2v) is 6.29. The maximum atomic E-state index is 11.9. The van der Waals surface area contributed by atoms with Gasteiger partial charge in [0.2, 0.25) is 5.91 Å². The van der Waals surface area contributed by atoms with Crippen LogP contribution in [0.2, 0.25) is 0 Å². The van der Waals surface area contributed by atoms with Crippen LogP contribution in [0.15, 0.2) is 0 Å². The lowest BCUT2D eigenvalue weighted by atomic mass is 10.0. The molecule has 0 aliphatic carbocycles. The highest BCUT2D eigenvalue weighted by Gasteiger charge is 2.23. The lowest BCUT2D eigenvalue weighted by molar-refractivity contribution is -0.123. The Hall–Kier alpha value is -0.260. The van der Waals surface area contributed by atoms with Crippen molar-refractivity contribution in [3.8, 4) is 0 Å². The second-order valence-electron chi connectivity index (χ2n) is 5.30. The molecule has 0 aromatic carbocycles. The van der Waals surface area contributed by atoms with Gasteiger partial charge in [-0.2, -0.15) is 11.8 Å². The number of nitrogens with one attached hydrogen (secondary N) is 1. The molecule has 0 unspecified atom stereocenters. The van der Waals surface area contributed by atoms with Gasteiger partial charge in [-0.1, -0.05) is 0 Å². The largest absolute Gasteiger partial charge is 0.352 e. The van der Waals surface area contributed by atoms with Gasteiger partial charge >= 0.3 is 0 Å². The third-order valence-electron chi connectivity index (χ3n) is 3.58. The van der Waals surface area contributed by atoms with Crippen molar-refractivity contribution in [2.75, 3.05) is 25.1 Å². The molecule has 1 rings (SSSR count). The van der Waals surface area contributed by atoms with Crippen LogP contribution >= 0.6 is 11.8 Å². The number of likely N-dealkylation sites (tertiary alicyclic amines) is 1. The van der Waals surface area contributed by atoms with Crippen LogP contribution in [0.4, 0.5) is 0 Å². The van der Waals surface area contributed by atoms with Crippen molar-refractivity contribution in [3.63, 3.8) is 0 Å². The Bertz CT molecular complexity index is 253. The van der Waals surface area contributed by atoms with E-state index in [0.29, 0.717) is 12.1 Å². The van der Waals surface area contributed by atoms with Crippen molar-refractivity contribution in [2.45, 2.75) is 51.2 Å². The first-order valence-electron chi connectivity index (χ1n) is 6.83. The van der Waals surface area contributed by atoms with E-state index in [-0.39, 0.29) is 11.9 Å². The number of hydrogen-bond acceptors (Lipinski definition) is 4. The summed E-state index contributed by atoms with van der Waals surface area (Å²) in [6.45, 7) is 6.58. The molecule has 3 N–H and O–H groups in total. The molecule has 106 valence electrons. The minimum Gasteiger partial charge on any atom is -0.352 e. The Kier molecular flexibility index (Phi) is 7.04. The average molecular weight is 273 g/mol. The number of thioether (sulfide) groups is 1. The van der Waals surface area contributed by atoms with Crippen molar-refractivity contribution in [2.24, 2.45) is 5.73 Å². The molecular formula is C13H27N3OS. The van der Waals surface area contributed by atoms with Gasteiger partial charge in [-0.25, -0.2) is 0 Å². The molecule has 1 fully saturated rings. The Labute approximate surface area is 115 Å². The maximum absolute atomic E-state index is 11.9. The van der Waals surface area contributed by atoms with Gasteiger partial charge in [0.15, 0.2) is 0 Å². The van der Waals surface area contributed by atoms with Crippen LogP contribution in [-0.4, -0.2) is 54.0 Å². The molecule has 1 saturated heterocycles. The summed E-state index contributed by atoms with van der Waals surface area (Å²) in [4.78, 5) is 14.3. The number of hydrogen-bond donors (Lipinski definition) is 2. The average Bonchev–Trinajstić information content (AvgIpc) is 2.36. The van der Waals surface area contributed by atoms with Crippen LogP contribution in [-0.2, 0) is 4.79 Å². The zero-order valence-corrected chi connectivity index (χ0v) is 12.6. The molecule has 18 heavy (non-hydrogen) atoms. The van der Waals surface area contributed by atoms with Gasteiger partial charge in [0, 0.05) is 25.2 Å². The highest BCUT2D eigenvalue weighted by atomic mass is 32.2. The molecule has 0 spiro atoms. The summed E-state index contributed by atoms with van der Waals surface area (Å²) in [5, 5.41) is 3.09. The van der Waals surface area contributed by atoms with E-state index in [2.05, 4.69) is 24.1 Å². The van der Waals surface area contributed by atoms with Gasteiger partial charge in [0.05, 0.1) is 6.04 Å². The monoisotopic (exact) mass is 273 g/mol. The summed E-state index contributed by atoms with van der Waals surface area (Å²) in [5.74, 6) is 0.965. The van der Waals surface area contributed by atoms with Crippen molar-refractivity contribution >= 4 is 17.7 Å². The zero-order chi connectivity index (χ0) is 13.5. The minimum absolute atomic E-state index is 0.0204. The van der Waals surface area contributed by atoms with Crippen LogP contribution in [0.5, 0.6) is 0 Å². The number of nitrogens with two attached hydrogens (primary N) is 1. The predicted octanol–water partition coefficient (Wildman–Crippen LogP) is 1.06. The fourth-order valence-corrected chi connectivity index (χ4v) is 2.73. The molecule has 0 radical (unpaired) electrons. The summed E-state index contributed by atoms with van der Waals surface area (Å²) in [5.41, 5.74) is 5.86. The highest BCUT2D eigenvalue weighted by Crippen LogP contribution is 2.13. The van der Waals surface area contributed by atoms with E-state index < -0.39 is 0 Å². The Morgan fingerprint density at radius 3 is 2.56 bits per heavy atom. The molecule has 1 aliphatic rings. The summed E-state index contributed by atoms with van der Waals surface area (Å²) < 4.78 is 0. The zero-order valence-electron chi connectivity index (χ0n) is 11.8. The summed E-state index contributed by atoms with van der Waals surface area (Å²) in [6.07, 6.45) is 4.88. The smallest absolute Gasteiger partial charge is 0.237 e. The molecule has 0 aromatic rings. The first-order valence-corrected chi connectivity index (χ1v) is 8.23. The molecule has 1 heterocycles. The summed E-state index contributed by atoms with van der Waals surface area (Å²) in [7, 11) is 0. The Balaban J connectivity index is 2.25. The Morgan fingerprint density at radius 1 is 1.44 bits per heavy atom. The predicted molar refractivity (Wildman–Crippen MR) is 78.8 cm³/mol. The van der Waals surface area contributed by atoms with Crippen LogP contribution < -0.4 is 11.1 Å². The van der Waals surface area contributed by atoms with Gasteiger partial charge in [0.1, 0.15) is 0 Å². The fourth-order valence-electron chi connectivity index (χ4n) is 2.24. The molecular weight excluding hydrogens is 246 g/mol. The molecule has 0 bridgehead atoms. The number of piperidine rings is 1. The van der Waals surface area contributed by atoms with Gasteiger partial charge in [-0.05, 0) is 45.1 Å². The van der Waals surface area contributed by atoms with Gasteiger partial charge in [-0.3, -0.25) is 4.79 Å².